The molecule has 0 aliphatic heterocycles. The summed E-state index contributed by atoms with van der Waals surface area (Å²) in [5, 5.41) is 7.16. The van der Waals surface area contributed by atoms with E-state index in [4.69, 9.17) is 14.7 Å². The van der Waals surface area contributed by atoms with Gasteiger partial charge in [-0.1, -0.05) is 6.92 Å². The minimum absolute atomic E-state index is 0.186. The molecule has 0 aliphatic carbocycles. The topological polar surface area (TPSA) is 94.0 Å². The van der Waals surface area contributed by atoms with E-state index in [1.807, 2.05) is 45.3 Å². The predicted molar refractivity (Wildman–Crippen MR) is 116 cm³/mol. The predicted octanol–water partition coefficient (Wildman–Crippen LogP) is 4.16. The fraction of sp³-hybridized carbons (Fsp3) is 0.500. The molecule has 0 aromatic carbocycles. The number of rotatable bonds is 7. The summed E-state index contributed by atoms with van der Waals surface area (Å²) in [6, 6.07) is 1.95. The third-order valence-corrected chi connectivity index (χ3v) is 4.84. The van der Waals surface area contributed by atoms with Crippen molar-refractivity contribution in [3.63, 3.8) is 0 Å². The zero-order valence-corrected chi connectivity index (χ0v) is 18.6. The van der Waals surface area contributed by atoms with Crippen molar-refractivity contribution in [2.75, 3.05) is 11.9 Å². The van der Waals surface area contributed by atoms with Crippen LogP contribution in [0.3, 0.4) is 0 Å². The number of anilines is 2. The lowest BCUT2D eigenvalue weighted by Crippen LogP contribution is -2.40. The van der Waals surface area contributed by atoms with Gasteiger partial charge in [0.1, 0.15) is 17.2 Å². The van der Waals surface area contributed by atoms with Crippen molar-refractivity contribution >= 4 is 39.4 Å². The molecule has 0 saturated carbocycles. The number of ether oxygens (including phenoxy) is 1. The highest BCUT2D eigenvalue weighted by atomic mass is 32.1. The smallest absolute Gasteiger partial charge is 0.255 e. The van der Waals surface area contributed by atoms with Crippen LogP contribution in [0.5, 0.6) is 0 Å². The lowest BCUT2D eigenvalue weighted by Gasteiger charge is -2.20. The Morgan fingerprint density at radius 3 is 2.66 bits per heavy atom. The Hall–Kier alpha value is -2.52. The molecular weight excluding hydrogens is 388 g/mol. The van der Waals surface area contributed by atoms with Gasteiger partial charge in [-0.2, -0.15) is 4.37 Å². The van der Waals surface area contributed by atoms with Crippen LogP contribution in [-0.2, 0) is 11.5 Å². The molecule has 8 nitrogen and oxygen atoms in total. The van der Waals surface area contributed by atoms with Crippen LogP contribution in [0.15, 0.2) is 12.3 Å². The standard InChI is InChI=1S/C20H28N6O2S/c1-7-8-28-11-26-10-14(19(27)24-20(4,5)6)16-18(26)21-13(3)17(23-16)22-15-9-12(2)25-29-15/h9-10H,7-8,11H2,1-6H3,(H,22,23)(H,24,27). The number of hydrogen-bond acceptors (Lipinski definition) is 7. The molecule has 0 spiro atoms. The van der Waals surface area contributed by atoms with Gasteiger partial charge in [0, 0.05) is 18.3 Å². The molecule has 0 unspecified atom stereocenters. The highest BCUT2D eigenvalue weighted by Crippen LogP contribution is 2.26. The number of carbonyl (C=O) groups excluding carboxylic acids is 1. The maximum atomic E-state index is 12.9. The van der Waals surface area contributed by atoms with Gasteiger partial charge in [0.2, 0.25) is 0 Å². The molecule has 0 atom stereocenters. The molecule has 0 aliphatic rings. The minimum Gasteiger partial charge on any atom is -0.361 e. The molecule has 0 saturated heterocycles. The van der Waals surface area contributed by atoms with Crippen molar-refractivity contribution in [1.29, 1.82) is 0 Å². The van der Waals surface area contributed by atoms with E-state index in [-0.39, 0.29) is 11.4 Å². The lowest BCUT2D eigenvalue weighted by atomic mass is 10.1. The lowest BCUT2D eigenvalue weighted by molar-refractivity contribution is 0.0797. The van der Waals surface area contributed by atoms with Crippen LogP contribution < -0.4 is 10.6 Å². The number of carbonyl (C=O) groups is 1. The van der Waals surface area contributed by atoms with Crippen molar-refractivity contribution in [2.24, 2.45) is 0 Å². The van der Waals surface area contributed by atoms with E-state index in [9.17, 15) is 4.79 Å². The monoisotopic (exact) mass is 416 g/mol. The second-order valence-electron chi connectivity index (χ2n) is 8.04. The van der Waals surface area contributed by atoms with E-state index < -0.39 is 0 Å². The van der Waals surface area contributed by atoms with Gasteiger partial charge >= 0.3 is 0 Å². The molecule has 1 amide bonds. The summed E-state index contributed by atoms with van der Waals surface area (Å²) in [6.45, 7) is 12.7. The first kappa shape index (κ1) is 21.2. The van der Waals surface area contributed by atoms with Gasteiger partial charge < -0.3 is 19.9 Å². The number of aromatic nitrogens is 4. The van der Waals surface area contributed by atoms with Crippen LogP contribution in [0.1, 0.15) is 55.9 Å². The Bertz CT molecular complexity index is 1020. The fourth-order valence-electron chi connectivity index (χ4n) is 2.80. The molecule has 3 heterocycles. The van der Waals surface area contributed by atoms with Gasteiger partial charge in [0.15, 0.2) is 11.5 Å². The number of aryl methyl sites for hydroxylation is 2. The van der Waals surface area contributed by atoms with Gasteiger partial charge in [-0.05, 0) is 58.6 Å². The molecule has 3 aromatic rings. The maximum absolute atomic E-state index is 12.9. The Balaban J connectivity index is 2.04. The summed E-state index contributed by atoms with van der Waals surface area (Å²) in [5.41, 5.74) is 2.97. The molecule has 3 aromatic heterocycles. The largest absolute Gasteiger partial charge is 0.361 e. The number of nitrogens with zero attached hydrogens (tertiary/aromatic N) is 4. The Kier molecular flexibility index (Phi) is 6.18. The molecular formula is C20H28N6O2S. The number of amides is 1. The molecule has 156 valence electrons. The second-order valence-corrected chi connectivity index (χ2v) is 8.85. The van der Waals surface area contributed by atoms with Crippen molar-refractivity contribution < 1.29 is 9.53 Å². The van der Waals surface area contributed by atoms with Gasteiger partial charge in [-0.3, -0.25) is 4.79 Å². The summed E-state index contributed by atoms with van der Waals surface area (Å²) in [4.78, 5) is 22.4. The molecule has 0 bridgehead atoms. The molecule has 3 rings (SSSR count). The number of fused-ring (bicyclic) bond motifs is 1. The third kappa shape index (κ3) is 5.10. The number of nitrogens with one attached hydrogen (secondary N) is 2. The summed E-state index contributed by atoms with van der Waals surface area (Å²) in [6.07, 6.45) is 2.69. The van der Waals surface area contributed by atoms with Crippen molar-refractivity contribution in [3.8, 4) is 0 Å². The summed E-state index contributed by atoms with van der Waals surface area (Å²) in [5.74, 6) is 0.424. The van der Waals surface area contributed by atoms with Gasteiger partial charge in [-0.25, -0.2) is 9.97 Å². The van der Waals surface area contributed by atoms with E-state index in [1.54, 1.807) is 6.20 Å². The summed E-state index contributed by atoms with van der Waals surface area (Å²) in [7, 11) is 0. The van der Waals surface area contributed by atoms with Crippen LogP contribution in [0.2, 0.25) is 0 Å². The first-order chi connectivity index (χ1) is 13.7. The minimum atomic E-state index is -0.358. The molecule has 2 N–H and O–H groups in total. The highest BCUT2D eigenvalue weighted by molar-refractivity contribution is 7.10. The Morgan fingerprint density at radius 2 is 2.03 bits per heavy atom. The first-order valence-corrected chi connectivity index (χ1v) is 10.4. The average Bonchev–Trinajstić information content (AvgIpc) is 3.18. The first-order valence-electron chi connectivity index (χ1n) is 9.66. The normalized spacial score (nSPS) is 11.8. The zero-order valence-electron chi connectivity index (χ0n) is 17.8. The van der Waals surface area contributed by atoms with E-state index in [2.05, 4.69) is 21.9 Å². The summed E-state index contributed by atoms with van der Waals surface area (Å²) >= 11 is 1.36. The zero-order chi connectivity index (χ0) is 21.2. The van der Waals surface area contributed by atoms with E-state index in [0.717, 1.165) is 22.8 Å². The SMILES string of the molecule is CCCOCn1cc(C(=O)NC(C)(C)C)c2nc(Nc3cc(C)ns3)c(C)nc21. The number of hydrogen-bond donors (Lipinski definition) is 2. The van der Waals surface area contributed by atoms with Crippen molar-refractivity contribution in [1.82, 2.24) is 24.2 Å². The third-order valence-electron chi connectivity index (χ3n) is 4.05. The van der Waals surface area contributed by atoms with E-state index >= 15 is 0 Å². The van der Waals surface area contributed by atoms with E-state index in [0.29, 0.717) is 35.9 Å². The molecule has 0 radical (unpaired) electrons. The second kappa shape index (κ2) is 8.46. The van der Waals surface area contributed by atoms with Gasteiger partial charge in [0.05, 0.1) is 17.0 Å². The molecule has 0 fully saturated rings. The van der Waals surface area contributed by atoms with Crippen LogP contribution in [-0.4, -0.2) is 37.0 Å². The highest BCUT2D eigenvalue weighted by Gasteiger charge is 2.23. The van der Waals surface area contributed by atoms with Crippen molar-refractivity contribution in [2.45, 2.75) is 60.2 Å². The van der Waals surface area contributed by atoms with Crippen LogP contribution in [0, 0.1) is 13.8 Å². The van der Waals surface area contributed by atoms with Gasteiger partial charge in [-0.15, -0.1) is 0 Å². The van der Waals surface area contributed by atoms with Crippen LogP contribution >= 0.6 is 11.5 Å². The Labute approximate surface area is 174 Å². The van der Waals surface area contributed by atoms with Crippen molar-refractivity contribution in [3.05, 3.63) is 29.2 Å². The van der Waals surface area contributed by atoms with E-state index in [1.165, 1.54) is 11.5 Å². The molecule has 9 heteroatoms. The average molecular weight is 417 g/mol. The maximum Gasteiger partial charge on any atom is 0.255 e. The molecule has 29 heavy (non-hydrogen) atoms. The van der Waals surface area contributed by atoms with Crippen LogP contribution in [0.4, 0.5) is 10.8 Å². The quantitative estimate of drug-likeness (QED) is 0.562. The Morgan fingerprint density at radius 1 is 1.28 bits per heavy atom. The fourth-order valence-corrected chi connectivity index (χ4v) is 3.46. The van der Waals surface area contributed by atoms with Gasteiger partial charge in [0.25, 0.3) is 5.91 Å². The summed E-state index contributed by atoms with van der Waals surface area (Å²) < 4.78 is 11.8. The van der Waals surface area contributed by atoms with Crippen LogP contribution in [0.25, 0.3) is 11.2 Å².